The minimum Gasteiger partial charge on any atom is -0.359 e. The lowest BCUT2D eigenvalue weighted by molar-refractivity contribution is 0.00380. The second kappa shape index (κ2) is 7.87. The third-order valence-corrected chi connectivity index (χ3v) is 7.75. The molecule has 0 fully saturated rings. The lowest BCUT2D eigenvalue weighted by Gasteiger charge is -2.04. The number of hydrogen-bond acceptors (Lipinski definition) is 4. The van der Waals surface area contributed by atoms with Crippen LogP contribution in [0, 0.1) is 0 Å². The molecule has 6 nitrogen and oxygen atoms in total. The van der Waals surface area contributed by atoms with Gasteiger partial charge in [0.2, 0.25) is 0 Å². The van der Waals surface area contributed by atoms with Gasteiger partial charge in [0.1, 0.15) is 0 Å². The van der Waals surface area contributed by atoms with Crippen LogP contribution in [0.2, 0.25) is 5.02 Å². The number of sulfone groups is 2. The van der Waals surface area contributed by atoms with E-state index in [0.29, 0.717) is 12.8 Å². The van der Waals surface area contributed by atoms with E-state index in [1.807, 2.05) is 6.92 Å². The molecular weight excluding hydrogens is 348 g/mol. The zero-order valence-corrected chi connectivity index (χ0v) is 14.5. The molecule has 0 saturated carbocycles. The molecule has 0 spiro atoms. The van der Waals surface area contributed by atoms with Crippen LogP contribution < -0.4 is 0 Å². The molecule has 22 heavy (non-hydrogen) atoms. The van der Waals surface area contributed by atoms with Gasteiger partial charge < -0.3 is 5.53 Å². The van der Waals surface area contributed by atoms with E-state index in [9.17, 15) is 16.8 Å². The number of halogens is 1. The Balaban J connectivity index is 3.16. The minimum absolute atomic E-state index is 0.134. The van der Waals surface area contributed by atoms with Crippen LogP contribution in [-0.4, -0.2) is 31.8 Å². The quantitative estimate of drug-likeness (QED) is 0.254. The van der Waals surface area contributed by atoms with Crippen LogP contribution in [0.15, 0.2) is 29.2 Å². The van der Waals surface area contributed by atoms with E-state index in [1.165, 1.54) is 18.2 Å². The van der Waals surface area contributed by atoms with Crippen molar-refractivity contribution in [3.63, 3.8) is 0 Å². The van der Waals surface area contributed by atoms with E-state index in [2.05, 4.69) is 4.79 Å². The third-order valence-electron chi connectivity index (χ3n) is 2.97. The van der Waals surface area contributed by atoms with E-state index >= 15 is 0 Å². The van der Waals surface area contributed by atoms with Crippen molar-refractivity contribution < 1.29 is 21.6 Å². The maximum atomic E-state index is 12.4. The first-order valence-corrected chi connectivity index (χ1v) is 10.2. The molecule has 0 unspecified atom stereocenters. The largest absolute Gasteiger partial charge is 0.499 e. The molecule has 0 N–H and O–H groups in total. The van der Waals surface area contributed by atoms with Crippen LogP contribution in [0.25, 0.3) is 5.53 Å². The molecule has 0 amide bonds. The van der Waals surface area contributed by atoms with Gasteiger partial charge in [0.15, 0.2) is 0 Å². The molecule has 1 rings (SSSR count). The number of rotatable bonds is 6. The predicted molar refractivity (Wildman–Crippen MR) is 85.2 cm³/mol. The van der Waals surface area contributed by atoms with Gasteiger partial charge in [-0.05, 0) is 18.6 Å². The monoisotopic (exact) mass is 364 g/mol. The molecule has 0 saturated heterocycles. The maximum absolute atomic E-state index is 12.4. The third kappa shape index (κ3) is 4.39. The van der Waals surface area contributed by atoms with Gasteiger partial charge in [0, 0.05) is 0 Å². The SMILES string of the molecule is CCCCCCS(=O)(=O)C(=[N+]=[N-])S(=O)(=O)c1ccccc1Cl. The minimum atomic E-state index is -4.50. The summed E-state index contributed by atoms with van der Waals surface area (Å²) in [5.74, 6) is -0.393. The zero-order chi connectivity index (χ0) is 16.8. The smallest absolute Gasteiger partial charge is 0.359 e. The summed E-state index contributed by atoms with van der Waals surface area (Å²) in [6.45, 7) is 1.97. The highest BCUT2D eigenvalue weighted by molar-refractivity contribution is 8.31. The van der Waals surface area contributed by atoms with Gasteiger partial charge in [-0.15, -0.1) is 4.79 Å². The van der Waals surface area contributed by atoms with Crippen LogP contribution in [-0.2, 0) is 19.7 Å². The fourth-order valence-electron chi connectivity index (χ4n) is 1.85. The lowest BCUT2D eigenvalue weighted by atomic mass is 10.2. The van der Waals surface area contributed by atoms with E-state index in [-0.39, 0.29) is 5.02 Å². The van der Waals surface area contributed by atoms with E-state index in [4.69, 9.17) is 17.1 Å². The first-order valence-electron chi connectivity index (χ1n) is 6.71. The number of hydrogen-bond donors (Lipinski definition) is 0. The van der Waals surface area contributed by atoms with Crippen LogP contribution in [0.5, 0.6) is 0 Å². The average molecular weight is 365 g/mol. The summed E-state index contributed by atoms with van der Waals surface area (Å²) in [7, 11) is -8.72. The highest BCUT2D eigenvalue weighted by Crippen LogP contribution is 2.24. The van der Waals surface area contributed by atoms with Gasteiger partial charge in [0.05, 0.1) is 15.7 Å². The van der Waals surface area contributed by atoms with Gasteiger partial charge in [-0.25, -0.2) is 16.8 Å². The summed E-state index contributed by atoms with van der Waals surface area (Å²) in [6, 6.07) is 5.39. The summed E-state index contributed by atoms with van der Waals surface area (Å²) in [4.78, 5) is 2.13. The van der Waals surface area contributed by atoms with E-state index in [0.717, 1.165) is 18.9 Å². The molecule has 0 radical (unpaired) electrons. The van der Waals surface area contributed by atoms with Gasteiger partial charge in [-0.1, -0.05) is 49.9 Å². The van der Waals surface area contributed by atoms with Crippen molar-refractivity contribution in [2.75, 3.05) is 5.75 Å². The highest BCUT2D eigenvalue weighted by atomic mass is 35.5. The Labute approximate surface area is 135 Å². The van der Waals surface area contributed by atoms with Gasteiger partial charge in [0.25, 0.3) is 19.7 Å². The molecule has 9 heteroatoms. The Hall–Kier alpha value is -1.21. The van der Waals surface area contributed by atoms with Crippen molar-refractivity contribution in [2.24, 2.45) is 0 Å². The van der Waals surface area contributed by atoms with Crippen LogP contribution in [0.1, 0.15) is 32.6 Å². The van der Waals surface area contributed by atoms with Crippen molar-refractivity contribution >= 4 is 35.7 Å². The molecule has 1 aromatic carbocycles. The van der Waals surface area contributed by atoms with Gasteiger partial charge in [-0.2, -0.15) is 0 Å². The van der Waals surface area contributed by atoms with Gasteiger partial charge in [-0.3, -0.25) is 0 Å². The molecule has 0 aromatic heterocycles. The molecule has 1 aromatic rings. The summed E-state index contributed by atoms with van der Waals surface area (Å²) < 4.78 is 47.8. The van der Waals surface area contributed by atoms with Crippen LogP contribution in [0.4, 0.5) is 0 Å². The molecule has 0 bridgehead atoms. The molecule has 0 atom stereocenters. The molecule has 122 valence electrons. The number of nitrogens with zero attached hydrogens (tertiary/aromatic N) is 2. The molecule has 0 heterocycles. The topological polar surface area (TPSA) is 105 Å². The van der Waals surface area contributed by atoms with Crippen molar-refractivity contribution in [1.82, 2.24) is 0 Å². The summed E-state index contributed by atoms with van der Waals surface area (Å²) in [6.07, 6.45) is 2.71. The number of unbranched alkanes of at least 4 members (excludes halogenated alkanes) is 3. The first kappa shape index (κ1) is 18.8. The molecule has 0 aliphatic heterocycles. The zero-order valence-electron chi connectivity index (χ0n) is 12.1. The molecular formula is C13H17ClN2O4S2. The normalized spacial score (nSPS) is 11.9. The Morgan fingerprint density at radius 2 is 1.77 bits per heavy atom. The highest BCUT2D eigenvalue weighted by Gasteiger charge is 2.43. The standard InChI is InChI=1S/C13H17ClN2O4S2/c1-2-3-4-7-10-21(17,18)13(16-15)22(19,20)12-9-6-5-8-11(12)14/h5-6,8-9H,2-4,7,10H2,1H3. The van der Waals surface area contributed by atoms with E-state index < -0.39 is 34.7 Å². The Morgan fingerprint density at radius 1 is 1.14 bits per heavy atom. The van der Waals surface area contributed by atoms with Crippen molar-refractivity contribution in [3.8, 4) is 0 Å². The van der Waals surface area contributed by atoms with Crippen LogP contribution in [0.3, 0.4) is 0 Å². The van der Waals surface area contributed by atoms with Crippen molar-refractivity contribution in [1.29, 1.82) is 0 Å². The number of benzene rings is 1. The summed E-state index contributed by atoms with van der Waals surface area (Å²) >= 11 is 5.79. The first-order chi connectivity index (χ1) is 10.3. The molecule has 0 aliphatic rings. The van der Waals surface area contributed by atoms with Crippen LogP contribution >= 0.6 is 11.6 Å². The summed E-state index contributed by atoms with van der Waals surface area (Å²) in [5.41, 5.74) is 8.94. The lowest BCUT2D eigenvalue weighted by Crippen LogP contribution is -2.28. The van der Waals surface area contributed by atoms with Gasteiger partial charge >= 0.3 is 4.38 Å². The average Bonchev–Trinajstić information content (AvgIpc) is 2.44. The van der Waals surface area contributed by atoms with E-state index in [1.54, 1.807) is 0 Å². The Kier molecular flexibility index (Phi) is 6.74. The molecule has 0 aliphatic carbocycles. The Morgan fingerprint density at radius 3 is 2.32 bits per heavy atom. The fourth-order valence-corrected chi connectivity index (χ4v) is 5.90. The fraction of sp³-hybridized carbons (Fsp3) is 0.462. The second-order valence-corrected chi connectivity index (χ2v) is 9.20. The Bertz CT molecular complexity index is 782. The predicted octanol–water partition coefficient (Wildman–Crippen LogP) is 2.69. The van der Waals surface area contributed by atoms with Crippen molar-refractivity contribution in [2.45, 2.75) is 37.5 Å². The van der Waals surface area contributed by atoms with Crippen molar-refractivity contribution in [3.05, 3.63) is 34.8 Å². The second-order valence-electron chi connectivity index (χ2n) is 4.68. The maximum Gasteiger partial charge on any atom is 0.499 e. The summed E-state index contributed by atoms with van der Waals surface area (Å²) in [5, 5.41) is -0.134.